The van der Waals surface area contributed by atoms with Crippen LogP contribution in [0.1, 0.15) is 33.6 Å². The lowest BCUT2D eigenvalue weighted by molar-refractivity contribution is 0.493. The Labute approximate surface area is 100 Å². The van der Waals surface area contributed by atoms with Crippen LogP contribution in [0.15, 0.2) is 12.1 Å². The SMILES string of the molecule is CC(C)CCC(C)Nc1cc(F)c(F)cc1F. The van der Waals surface area contributed by atoms with Crippen molar-refractivity contribution in [3.8, 4) is 0 Å². The van der Waals surface area contributed by atoms with Crippen LogP contribution in [0.3, 0.4) is 0 Å². The molecule has 1 unspecified atom stereocenters. The predicted octanol–water partition coefficient (Wildman–Crippen LogP) is 4.34. The molecule has 0 amide bonds. The lowest BCUT2D eigenvalue weighted by Crippen LogP contribution is -2.17. The van der Waals surface area contributed by atoms with Gasteiger partial charge in [0, 0.05) is 18.2 Å². The van der Waals surface area contributed by atoms with E-state index < -0.39 is 17.5 Å². The lowest BCUT2D eigenvalue weighted by Gasteiger charge is -2.17. The standard InChI is InChI=1S/C13H18F3N/c1-8(2)4-5-9(3)17-13-7-11(15)10(14)6-12(13)16/h6-9,17H,4-5H2,1-3H3. The van der Waals surface area contributed by atoms with Crippen LogP contribution in [0.5, 0.6) is 0 Å². The highest BCUT2D eigenvalue weighted by molar-refractivity contribution is 5.45. The highest BCUT2D eigenvalue weighted by Gasteiger charge is 2.12. The van der Waals surface area contributed by atoms with E-state index in [0.717, 1.165) is 18.9 Å². The average Bonchev–Trinajstić information content (AvgIpc) is 2.23. The maximum Gasteiger partial charge on any atom is 0.161 e. The van der Waals surface area contributed by atoms with Crippen molar-refractivity contribution in [3.63, 3.8) is 0 Å². The Balaban J connectivity index is 2.65. The van der Waals surface area contributed by atoms with Crippen LogP contribution in [0, 0.1) is 23.4 Å². The van der Waals surface area contributed by atoms with E-state index in [-0.39, 0.29) is 11.7 Å². The third-order valence-electron chi connectivity index (χ3n) is 2.59. The van der Waals surface area contributed by atoms with E-state index in [9.17, 15) is 13.2 Å². The molecule has 4 heteroatoms. The highest BCUT2D eigenvalue weighted by Crippen LogP contribution is 2.20. The molecule has 17 heavy (non-hydrogen) atoms. The van der Waals surface area contributed by atoms with Crippen LogP contribution in [-0.2, 0) is 0 Å². The molecule has 1 nitrogen and oxygen atoms in total. The maximum atomic E-state index is 13.3. The first kappa shape index (κ1) is 13.9. The summed E-state index contributed by atoms with van der Waals surface area (Å²) in [7, 11) is 0. The van der Waals surface area contributed by atoms with E-state index in [1.165, 1.54) is 0 Å². The molecule has 0 saturated heterocycles. The van der Waals surface area contributed by atoms with Crippen molar-refractivity contribution in [2.24, 2.45) is 5.92 Å². The van der Waals surface area contributed by atoms with Crippen molar-refractivity contribution in [3.05, 3.63) is 29.6 Å². The maximum absolute atomic E-state index is 13.3. The molecule has 0 spiro atoms. The Morgan fingerprint density at radius 1 is 0.941 bits per heavy atom. The first-order chi connectivity index (χ1) is 7.90. The van der Waals surface area contributed by atoms with Gasteiger partial charge in [0.25, 0.3) is 0 Å². The first-order valence-corrected chi connectivity index (χ1v) is 5.81. The van der Waals surface area contributed by atoms with Gasteiger partial charge in [0.1, 0.15) is 5.82 Å². The second-order valence-electron chi connectivity index (χ2n) is 4.76. The molecule has 0 aliphatic heterocycles. The smallest absolute Gasteiger partial charge is 0.161 e. The van der Waals surface area contributed by atoms with Crippen LogP contribution >= 0.6 is 0 Å². The fourth-order valence-corrected chi connectivity index (χ4v) is 1.55. The lowest BCUT2D eigenvalue weighted by atomic mass is 10.0. The summed E-state index contributed by atoms with van der Waals surface area (Å²) in [4.78, 5) is 0. The minimum atomic E-state index is -1.16. The number of rotatable bonds is 5. The van der Waals surface area contributed by atoms with Gasteiger partial charge in [-0.2, -0.15) is 0 Å². The fraction of sp³-hybridized carbons (Fsp3) is 0.538. The highest BCUT2D eigenvalue weighted by atomic mass is 19.2. The second kappa shape index (κ2) is 5.94. The molecular weight excluding hydrogens is 227 g/mol. The van der Waals surface area contributed by atoms with E-state index in [2.05, 4.69) is 19.2 Å². The van der Waals surface area contributed by atoms with Gasteiger partial charge in [0.15, 0.2) is 11.6 Å². The molecule has 96 valence electrons. The van der Waals surface area contributed by atoms with Gasteiger partial charge in [-0.3, -0.25) is 0 Å². The van der Waals surface area contributed by atoms with E-state index in [1.807, 2.05) is 6.92 Å². The molecule has 0 radical (unpaired) electrons. The Kier molecular flexibility index (Phi) is 4.85. The monoisotopic (exact) mass is 245 g/mol. The minimum Gasteiger partial charge on any atom is -0.380 e. The molecule has 0 bridgehead atoms. The van der Waals surface area contributed by atoms with Gasteiger partial charge >= 0.3 is 0 Å². The Hall–Kier alpha value is -1.19. The van der Waals surface area contributed by atoms with Gasteiger partial charge in [-0.1, -0.05) is 13.8 Å². The summed E-state index contributed by atoms with van der Waals surface area (Å²) in [5.41, 5.74) is 0.0140. The first-order valence-electron chi connectivity index (χ1n) is 5.81. The summed E-state index contributed by atoms with van der Waals surface area (Å²) in [6.45, 7) is 6.10. The number of nitrogens with one attached hydrogen (secondary N) is 1. The van der Waals surface area contributed by atoms with Crippen molar-refractivity contribution in [2.75, 3.05) is 5.32 Å². The van der Waals surface area contributed by atoms with E-state index in [1.54, 1.807) is 0 Å². The van der Waals surface area contributed by atoms with Crippen molar-refractivity contribution < 1.29 is 13.2 Å². The zero-order valence-corrected chi connectivity index (χ0v) is 10.4. The molecule has 0 heterocycles. The molecule has 1 aromatic rings. The van der Waals surface area contributed by atoms with Crippen molar-refractivity contribution in [1.29, 1.82) is 0 Å². The molecule has 0 saturated carbocycles. The summed E-state index contributed by atoms with van der Waals surface area (Å²) < 4.78 is 39.0. The summed E-state index contributed by atoms with van der Waals surface area (Å²) >= 11 is 0. The van der Waals surface area contributed by atoms with Crippen LogP contribution < -0.4 is 5.32 Å². The van der Waals surface area contributed by atoms with Gasteiger partial charge < -0.3 is 5.32 Å². The number of benzene rings is 1. The third-order valence-corrected chi connectivity index (χ3v) is 2.59. The predicted molar refractivity (Wildman–Crippen MR) is 63.5 cm³/mol. The Morgan fingerprint density at radius 2 is 1.53 bits per heavy atom. The molecular formula is C13H18F3N. The fourth-order valence-electron chi connectivity index (χ4n) is 1.55. The quantitative estimate of drug-likeness (QED) is 0.761. The van der Waals surface area contributed by atoms with Crippen LogP contribution in [0.25, 0.3) is 0 Å². The van der Waals surface area contributed by atoms with Crippen molar-refractivity contribution >= 4 is 5.69 Å². The number of anilines is 1. The summed E-state index contributed by atoms with van der Waals surface area (Å²) in [5, 5.41) is 2.85. The molecule has 0 aromatic heterocycles. The van der Waals surface area contributed by atoms with Crippen LogP contribution in [0.2, 0.25) is 0 Å². The van der Waals surface area contributed by atoms with Gasteiger partial charge in [-0.05, 0) is 25.7 Å². The van der Waals surface area contributed by atoms with Crippen molar-refractivity contribution in [2.45, 2.75) is 39.7 Å². The number of halogens is 3. The zero-order chi connectivity index (χ0) is 13.0. The van der Waals surface area contributed by atoms with Gasteiger partial charge in [-0.25, -0.2) is 13.2 Å². The van der Waals surface area contributed by atoms with E-state index in [4.69, 9.17) is 0 Å². The van der Waals surface area contributed by atoms with Gasteiger partial charge in [0.05, 0.1) is 5.69 Å². The molecule has 1 rings (SSSR count). The molecule has 1 N–H and O–H groups in total. The molecule has 0 aliphatic rings. The van der Waals surface area contributed by atoms with Crippen LogP contribution in [-0.4, -0.2) is 6.04 Å². The number of hydrogen-bond acceptors (Lipinski definition) is 1. The van der Waals surface area contributed by atoms with Crippen molar-refractivity contribution in [1.82, 2.24) is 0 Å². The zero-order valence-electron chi connectivity index (χ0n) is 10.4. The number of hydrogen-bond donors (Lipinski definition) is 1. The Morgan fingerprint density at radius 3 is 2.12 bits per heavy atom. The second-order valence-corrected chi connectivity index (χ2v) is 4.76. The average molecular weight is 245 g/mol. The Bertz CT molecular complexity index is 377. The summed E-state index contributed by atoms with van der Waals surface area (Å²) in [6, 6.07) is 1.44. The molecule has 0 aliphatic carbocycles. The molecule has 0 fully saturated rings. The van der Waals surface area contributed by atoms with E-state index >= 15 is 0 Å². The molecule has 1 atom stereocenters. The van der Waals surface area contributed by atoms with Gasteiger partial charge in [-0.15, -0.1) is 0 Å². The third kappa shape index (κ3) is 4.29. The topological polar surface area (TPSA) is 12.0 Å². The summed E-state index contributed by atoms with van der Waals surface area (Å²) in [6.07, 6.45) is 1.86. The normalized spacial score (nSPS) is 12.9. The summed E-state index contributed by atoms with van der Waals surface area (Å²) in [5.74, 6) is -2.40. The minimum absolute atomic E-state index is 0.0140. The molecule has 1 aromatic carbocycles. The van der Waals surface area contributed by atoms with Crippen LogP contribution in [0.4, 0.5) is 18.9 Å². The van der Waals surface area contributed by atoms with Gasteiger partial charge in [0.2, 0.25) is 0 Å². The largest absolute Gasteiger partial charge is 0.380 e. The van der Waals surface area contributed by atoms with E-state index in [0.29, 0.717) is 12.0 Å².